The van der Waals surface area contributed by atoms with Crippen LogP contribution >= 0.6 is 0 Å². The number of para-hydroxylation sites is 1. The fourth-order valence-electron chi connectivity index (χ4n) is 1.54. The summed E-state index contributed by atoms with van der Waals surface area (Å²) < 4.78 is 5.24. The molecule has 0 aliphatic rings. The summed E-state index contributed by atoms with van der Waals surface area (Å²) in [7, 11) is 1.63. The van der Waals surface area contributed by atoms with Crippen LogP contribution in [0.2, 0.25) is 0 Å². The van der Waals surface area contributed by atoms with Crippen LogP contribution in [-0.2, 0) is 0 Å². The van der Waals surface area contributed by atoms with Crippen molar-refractivity contribution >= 4 is 11.9 Å². The van der Waals surface area contributed by atoms with E-state index < -0.39 is 0 Å². The topological polar surface area (TPSA) is 45.4 Å². The summed E-state index contributed by atoms with van der Waals surface area (Å²) in [5, 5.41) is 8.70. The van der Waals surface area contributed by atoms with E-state index in [1.54, 1.807) is 25.5 Å². The number of nitrogens with zero attached hydrogens (tertiary/aromatic N) is 2. The molecule has 0 amide bonds. The van der Waals surface area contributed by atoms with E-state index >= 15 is 0 Å². The molecule has 3 heteroatoms. The first-order chi connectivity index (χ1) is 8.83. The van der Waals surface area contributed by atoms with Crippen LogP contribution in [0.15, 0.2) is 53.5 Å². The standard InChI is InChI=1S/C15H12N2O/c1-18-15-5-3-2-4-13(15)11-17-14-8-6-12(10-16)7-9-14/h2-9,11H,1H3. The van der Waals surface area contributed by atoms with Crippen LogP contribution in [0.3, 0.4) is 0 Å². The predicted molar refractivity (Wildman–Crippen MR) is 71.4 cm³/mol. The lowest BCUT2D eigenvalue weighted by molar-refractivity contribution is 0.414. The summed E-state index contributed by atoms with van der Waals surface area (Å²) in [6.45, 7) is 0. The Labute approximate surface area is 106 Å². The summed E-state index contributed by atoms with van der Waals surface area (Å²) in [5.41, 5.74) is 2.36. The largest absolute Gasteiger partial charge is 0.496 e. The summed E-state index contributed by atoms with van der Waals surface area (Å²) >= 11 is 0. The van der Waals surface area contributed by atoms with Gasteiger partial charge in [-0.15, -0.1) is 0 Å². The lowest BCUT2D eigenvalue weighted by Gasteiger charge is -2.02. The van der Waals surface area contributed by atoms with E-state index in [1.165, 1.54) is 0 Å². The number of nitriles is 1. The number of aliphatic imine (C=N–C) groups is 1. The average molecular weight is 236 g/mol. The van der Waals surface area contributed by atoms with Crippen LogP contribution in [0, 0.1) is 11.3 Å². The van der Waals surface area contributed by atoms with Gasteiger partial charge >= 0.3 is 0 Å². The van der Waals surface area contributed by atoms with E-state index in [0.717, 1.165) is 17.0 Å². The van der Waals surface area contributed by atoms with Crippen molar-refractivity contribution in [1.82, 2.24) is 0 Å². The minimum absolute atomic E-state index is 0.631. The minimum Gasteiger partial charge on any atom is -0.496 e. The monoisotopic (exact) mass is 236 g/mol. The summed E-state index contributed by atoms with van der Waals surface area (Å²) in [6.07, 6.45) is 1.75. The molecule has 0 spiro atoms. The quantitative estimate of drug-likeness (QED) is 0.767. The molecule has 0 aromatic heterocycles. The van der Waals surface area contributed by atoms with Crippen LogP contribution in [0.25, 0.3) is 0 Å². The maximum atomic E-state index is 8.70. The van der Waals surface area contributed by atoms with Gasteiger partial charge in [-0.3, -0.25) is 4.99 Å². The van der Waals surface area contributed by atoms with Gasteiger partial charge in [-0.1, -0.05) is 12.1 Å². The first-order valence-electron chi connectivity index (χ1n) is 5.51. The van der Waals surface area contributed by atoms with Gasteiger partial charge < -0.3 is 4.74 Å². The van der Waals surface area contributed by atoms with Gasteiger partial charge in [0.15, 0.2) is 0 Å². The predicted octanol–water partition coefficient (Wildman–Crippen LogP) is 3.32. The second kappa shape index (κ2) is 5.65. The van der Waals surface area contributed by atoms with E-state index in [2.05, 4.69) is 11.1 Å². The Morgan fingerprint density at radius 2 is 1.83 bits per heavy atom. The van der Waals surface area contributed by atoms with Crippen molar-refractivity contribution in [2.75, 3.05) is 7.11 Å². The molecule has 3 nitrogen and oxygen atoms in total. The molecule has 0 atom stereocenters. The zero-order valence-electron chi connectivity index (χ0n) is 10.00. The molecule has 0 N–H and O–H groups in total. The van der Waals surface area contributed by atoms with Crippen LogP contribution in [-0.4, -0.2) is 13.3 Å². The second-order valence-corrected chi connectivity index (χ2v) is 3.66. The fraction of sp³-hybridized carbons (Fsp3) is 0.0667. The average Bonchev–Trinajstić information content (AvgIpc) is 2.46. The highest BCUT2D eigenvalue weighted by atomic mass is 16.5. The number of benzene rings is 2. The van der Waals surface area contributed by atoms with Crippen molar-refractivity contribution in [3.63, 3.8) is 0 Å². The summed E-state index contributed by atoms with van der Waals surface area (Å²) in [5.74, 6) is 0.787. The highest BCUT2D eigenvalue weighted by Gasteiger charge is 1.97. The van der Waals surface area contributed by atoms with Crippen molar-refractivity contribution in [3.05, 3.63) is 59.7 Å². The highest BCUT2D eigenvalue weighted by Crippen LogP contribution is 2.17. The van der Waals surface area contributed by atoms with E-state index in [1.807, 2.05) is 36.4 Å². The Balaban J connectivity index is 2.22. The van der Waals surface area contributed by atoms with Crippen LogP contribution in [0.5, 0.6) is 5.75 Å². The van der Waals surface area contributed by atoms with Crippen molar-refractivity contribution in [2.45, 2.75) is 0 Å². The molecule has 0 aliphatic heterocycles. The third-order valence-corrected chi connectivity index (χ3v) is 2.49. The van der Waals surface area contributed by atoms with Gasteiger partial charge in [0.1, 0.15) is 5.75 Å². The van der Waals surface area contributed by atoms with Gasteiger partial charge in [0.25, 0.3) is 0 Å². The molecule has 0 saturated carbocycles. The van der Waals surface area contributed by atoms with Gasteiger partial charge in [0.2, 0.25) is 0 Å². The Kier molecular flexibility index (Phi) is 3.72. The van der Waals surface area contributed by atoms with E-state index in [0.29, 0.717) is 5.56 Å². The smallest absolute Gasteiger partial charge is 0.127 e. The molecular weight excluding hydrogens is 224 g/mol. The molecule has 0 bridgehead atoms. The lowest BCUT2D eigenvalue weighted by atomic mass is 10.2. The van der Waals surface area contributed by atoms with Gasteiger partial charge in [0, 0.05) is 11.8 Å². The van der Waals surface area contributed by atoms with Crippen molar-refractivity contribution < 1.29 is 4.74 Å². The van der Waals surface area contributed by atoms with Gasteiger partial charge in [-0.25, -0.2) is 0 Å². The zero-order chi connectivity index (χ0) is 12.8. The molecule has 2 rings (SSSR count). The first kappa shape index (κ1) is 11.9. The number of hydrogen-bond donors (Lipinski definition) is 0. The van der Waals surface area contributed by atoms with Crippen LogP contribution < -0.4 is 4.74 Å². The molecule has 18 heavy (non-hydrogen) atoms. The van der Waals surface area contributed by atoms with Gasteiger partial charge in [0.05, 0.1) is 24.4 Å². The second-order valence-electron chi connectivity index (χ2n) is 3.66. The lowest BCUT2D eigenvalue weighted by Crippen LogP contribution is -1.89. The molecule has 2 aromatic carbocycles. The number of ether oxygens (including phenoxy) is 1. The van der Waals surface area contributed by atoms with Crippen molar-refractivity contribution in [2.24, 2.45) is 4.99 Å². The SMILES string of the molecule is COc1ccccc1C=Nc1ccc(C#N)cc1. The Morgan fingerprint density at radius 3 is 2.50 bits per heavy atom. The van der Waals surface area contributed by atoms with E-state index in [9.17, 15) is 0 Å². The maximum Gasteiger partial charge on any atom is 0.127 e. The minimum atomic E-state index is 0.631. The normalized spacial score (nSPS) is 10.2. The molecule has 88 valence electrons. The molecule has 0 radical (unpaired) electrons. The molecule has 0 aliphatic carbocycles. The summed E-state index contributed by atoms with van der Waals surface area (Å²) in [6, 6.07) is 16.9. The van der Waals surface area contributed by atoms with Gasteiger partial charge in [-0.2, -0.15) is 5.26 Å². The number of methoxy groups -OCH3 is 1. The third-order valence-electron chi connectivity index (χ3n) is 2.49. The number of hydrogen-bond acceptors (Lipinski definition) is 3. The van der Waals surface area contributed by atoms with Gasteiger partial charge in [-0.05, 0) is 36.4 Å². The Hall–Kier alpha value is -2.60. The van der Waals surface area contributed by atoms with Crippen LogP contribution in [0.1, 0.15) is 11.1 Å². The zero-order valence-corrected chi connectivity index (χ0v) is 10.00. The molecule has 0 unspecified atom stereocenters. The van der Waals surface area contributed by atoms with E-state index in [-0.39, 0.29) is 0 Å². The molecular formula is C15H12N2O. The Morgan fingerprint density at radius 1 is 1.11 bits per heavy atom. The Bertz CT molecular complexity index is 595. The van der Waals surface area contributed by atoms with Crippen molar-refractivity contribution in [1.29, 1.82) is 5.26 Å². The molecule has 2 aromatic rings. The van der Waals surface area contributed by atoms with Crippen molar-refractivity contribution in [3.8, 4) is 11.8 Å². The fourth-order valence-corrected chi connectivity index (χ4v) is 1.54. The van der Waals surface area contributed by atoms with E-state index in [4.69, 9.17) is 10.00 Å². The molecule has 0 heterocycles. The third kappa shape index (κ3) is 2.74. The first-order valence-corrected chi connectivity index (χ1v) is 5.51. The number of rotatable bonds is 3. The van der Waals surface area contributed by atoms with Crippen LogP contribution in [0.4, 0.5) is 5.69 Å². The highest BCUT2D eigenvalue weighted by molar-refractivity contribution is 5.85. The maximum absolute atomic E-state index is 8.70. The molecule has 0 saturated heterocycles. The molecule has 0 fully saturated rings. The summed E-state index contributed by atoms with van der Waals surface area (Å²) in [4.78, 5) is 4.35.